The Hall–Kier alpha value is -1.13. The normalized spacial score (nSPS) is 53.9. The quantitative estimate of drug-likeness (QED) is 0.470. The van der Waals surface area contributed by atoms with Gasteiger partial charge in [0.25, 0.3) is 0 Å². The highest BCUT2D eigenvalue weighted by molar-refractivity contribution is 5.82. The number of rotatable bonds is 1. The molecule has 0 radical (unpaired) electrons. The Morgan fingerprint density at radius 2 is 1.73 bits per heavy atom. The molecule has 0 spiro atoms. The van der Waals surface area contributed by atoms with E-state index in [0.717, 1.165) is 44.9 Å². The fraction of sp³-hybridized carbons (Fsp3) is 0.828. The SMILES string of the molecule is CC1=C2C3=CC[C@@H]4[C@@]5(C)C[C@@H](O)[C@H](O)[C@H](C)[C@H]5CC[C@@]4(C)[C@]3(C)CC[C@@]2(C(=O)O)CC[C@H]1C. The van der Waals surface area contributed by atoms with Gasteiger partial charge in [0.2, 0.25) is 0 Å². The molecule has 0 aromatic carbocycles. The molecule has 5 aliphatic carbocycles. The van der Waals surface area contributed by atoms with Crippen LogP contribution in [0.15, 0.2) is 22.8 Å². The van der Waals surface area contributed by atoms with Crippen LogP contribution in [0.25, 0.3) is 0 Å². The van der Waals surface area contributed by atoms with Crippen molar-refractivity contribution in [2.45, 2.75) is 105 Å². The van der Waals surface area contributed by atoms with E-state index in [2.05, 4.69) is 47.6 Å². The summed E-state index contributed by atoms with van der Waals surface area (Å²) >= 11 is 0. The Balaban J connectivity index is 1.65. The molecular weight excluding hydrogens is 412 g/mol. The Kier molecular flexibility index (Phi) is 5.15. The van der Waals surface area contributed by atoms with E-state index < -0.39 is 23.6 Å². The molecule has 0 aliphatic heterocycles. The van der Waals surface area contributed by atoms with Gasteiger partial charge < -0.3 is 15.3 Å². The van der Waals surface area contributed by atoms with E-state index in [1.807, 2.05) is 0 Å². The molecule has 10 atom stereocenters. The molecule has 0 saturated heterocycles. The van der Waals surface area contributed by atoms with Crippen LogP contribution in [-0.2, 0) is 4.79 Å². The molecule has 3 fully saturated rings. The van der Waals surface area contributed by atoms with Gasteiger partial charge in [-0.05, 0) is 109 Å². The van der Waals surface area contributed by atoms with Gasteiger partial charge in [0.15, 0.2) is 0 Å². The molecule has 5 aliphatic rings. The summed E-state index contributed by atoms with van der Waals surface area (Å²) in [6, 6.07) is 0. The van der Waals surface area contributed by atoms with Gasteiger partial charge in [0, 0.05) is 0 Å². The summed E-state index contributed by atoms with van der Waals surface area (Å²) < 4.78 is 0. The van der Waals surface area contributed by atoms with Gasteiger partial charge in [-0.1, -0.05) is 46.3 Å². The van der Waals surface area contributed by atoms with Gasteiger partial charge in [-0.25, -0.2) is 0 Å². The topological polar surface area (TPSA) is 77.8 Å². The van der Waals surface area contributed by atoms with Gasteiger partial charge in [-0.2, -0.15) is 0 Å². The van der Waals surface area contributed by atoms with Crippen molar-refractivity contribution in [3.63, 3.8) is 0 Å². The molecule has 0 bridgehead atoms. The molecule has 0 aromatic rings. The van der Waals surface area contributed by atoms with Gasteiger partial charge in [0.1, 0.15) is 0 Å². The van der Waals surface area contributed by atoms with E-state index in [1.165, 1.54) is 16.7 Å². The van der Waals surface area contributed by atoms with E-state index in [0.29, 0.717) is 24.2 Å². The maximum absolute atomic E-state index is 12.7. The minimum Gasteiger partial charge on any atom is -0.481 e. The third kappa shape index (κ3) is 2.74. The number of carboxylic acids is 1. The smallest absolute Gasteiger partial charge is 0.314 e. The van der Waals surface area contributed by atoms with Crippen LogP contribution in [0.2, 0.25) is 0 Å². The number of carboxylic acid groups (broad SMARTS) is 1. The predicted octanol–water partition coefficient (Wildman–Crippen LogP) is 5.73. The highest BCUT2D eigenvalue weighted by Crippen LogP contribution is 2.74. The number of hydrogen-bond acceptors (Lipinski definition) is 3. The molecule has 0 amide bonds. The standard InChI is InChI=1S/C29H44O4/c1-16-9-12-29(25(32)33)14-13-27(5)20(23(29)17(16)2)7-8-22-26(4)15-21(30)24(31)18(3)19(26)10-11-28(22,27)6/h7,16,18-19,21-22,24,30-31H,8-15H2,1-6H3,(H,32,33)/t16-,18-,19-,21-,22-,24-,26+,27-,28-,29+/m1/s1. The predicted molar refractivity (Wildman–Crippen MR) is 129 cm³/mol. The fourth-order valence-corrected chi connectivity index (χ4v) is 9.95. The average molecular weight is 457 g/mol. The van der Waals surface area contributed by atoms with Crippen LogP contribution in [0, 0.1) is 45.3 Å². The maximum atomic E-state index is 12.7. The van der Waals surface area contributed by atoms with Crippen molar-refractivity contribution in [1.82, 2.24) is 0 Å². The molecule has 33 heavy (non-hydrogen) atoms. The maximum Gasteiger partial charge on any atom is 0.314 e. The monoisotopic (exact) mass is 456 g/mol. The molecule has 0 aromatic heterocycles. The lowest BCUT2D eigenvalue weighted by Crippen LogP contribution is -2.64. The number of fused-ring (bicyclic) bond motifs is 7. The van der Waals surface area contributed by atoms with E-state index in [9.17, 15) is 20.1 Å². The second-order valence-corrected chi connectivity index (χ2v) is 13.3. The lowest BCUT2D eigenvalue weighted by molar-refractivity contribution is -0.200. The summed E-state index contributed by atoms with van der Waals surface area (Å²) in [7, 11) is 0. The minimum absolute atomic E-state index is 0.0132. The third-order valence-corrected chi connectivity index (χ3v) is 12.4. The van der Waals surface area contributed by atoms with Crippen molar-refractivity contribution in [2.24, 2.45) is 45.3 Å². The highest BCUT2D eigenvalue weighted by Gasteiger charge is 2.67. The number of carbonyl (C=O) groups is 1. The molecule has 3 N–H and O–H groups in total. The van der Waals surface area contributed by atoms with E-state index >= 15 is 0 Å². The molecule has 0 heterocycles. The second kappa shape index (κ2) is 7.20. The third-order valence-electron chi connectivity index (χ3n) is 12.4. The zero-order valence-electron chi connectivity index (χ0n) is 21.4. The minimum atomic E-state index is -0.716. The zero-order valence-corrected chi connectivity index (χ0v) is 21.4. The van der Waals surface area contributed by atoms with Gasteiger partial charge in [-0.15, -0.1) is 0 Å². The van der Waals surface area contributed by atoms with Crippen molar-refractivity contribution < 1.29 is 20.1 Å². The van der Waals surface area contributed by atoms with Gasteiger partial charge in [-0.3, -0.25) is 4.79 Å². The molecule has 184 valence electrons. The molecular formula is C29H44O4. The summed E-state index contributed by atoms with van der Waals surface area (Å²) in [5.74, 6) is 0.765. The van der Waals surface area contributed by atoms with E-state index in [1.54, 1.807) is 0 Å². The summed E-state index contributed by atoms with van der Waals surface area (Å²) in [6.45, 7) is 13.9. The highest BCUT2D eigenvalue weighted by atomic mass is 16.4. The number of allylic oxidation sites excluding steroid dienone is 3. The Morgan fingerprint density at radius 3 is 2.39 bits per heavy atom. The largest absolute Gasteiger partial charge is 0.481 e. The van der Waals surface area contributed by atoms with Crippen LogP contribution < -0.4 is 0 Å². The van der Waals surface area contributed by atoms with Crippen molar-refractivity contribution in [3.05, 3.63) is 22.8 Å². The number of hydrogen-bond donors (Lipinski definition) is 3. The summed E-state index contributed by atoms with van der Waals surface area (Å²) in [6.07, 6.45) is 8.32. The first-order chi connectivity index (χ1) is 15.3. The van der Waals surface area contributed by atoms with Crippen LogP contribution in [0.5, 0.6) is 0 Å². The summed E-state index contributed by atoms with van der Waals surface area (Å²) in [5, 5.41) is 31.9. The number of aliphatic carboxylic acids is 1. The first-order valence-corrected chi connectivity index (χ1v) is 13.4. The van der Waals surface area contributed by atoms with E-state index in [-0.39, 0.29) is 22.2 Å². The lowest BCUT2D eigenvalue weighted by Gasteiger charge is -2.69. The van der Waals surface area contributed by atoms with Crippen molar-refractivity contribution in [3.8, 4) is 0 Å². The fourth-order valence-electron chi connectivity index (χ4n) is 9.95. The molecule has 0 unspecified atom stereocenters. The van der Waals surface area contributed by atoms with Gasteiger partial charge in [0.05, 0.1) is 17.6 Å². The lowest BCUT2D eigenvalue weighted by atomic mass is 9.35. The van der Waals surface area contributed by atoms with Crippen molar-refractivity contribution in [2.75, 3.05) is 0 Å². The number of aliphatic hydroxyl groups excluding tert-OH is 2. The van der Waals surface area contributed by atoms with Gasteiger partial charge >= 0.3 is 5.97 Å². The van der Waals surface area contributed by atoms with Crippen LogP contribution in [-0.4, -0.2) is 33.5 Å². The van der Waals surface area contributed by atoms with Crippen LogP contribution in [0.1, 0.15) is 92.9 Å². The van der Waals surface area contributed by atoms with Crippen molar-refractivity contribution >= 4 is 5.97 Å². The van der Waals surface area contributed by atoms with E-state index in [4.69, 9.17) is 0 Å². The summed E-state index contributed by atoms with van der Waals surface area (Å²) in [4.78, 5) is 12.7. The summed E-state index contributed by atoms with van der Waals surface area (Å²) in [5.41, 5.74) is 3.08. The second-order valence-electron chi connectivity index (χ2n) is 13.3. The van der Waals surface area contributed by atoms with Crippen LogP contribution in [0.3, 0.4) is 0 Å². The molecule has 4 heteroatoms. The Labute approximate surface area is 199 Å². The van der Waals surface area contributed by atoms with Crippen LogP contribution >= 0.6 is 0 Å². The first kappa shape index (κ1) is 23.6. The number of aliphatic hydroxyl groups is 2. The molecule has 5 rings (SSSR count). The average Bonchev–Trinajstić information content (AvgIpc) is 2.75. The van der Waals surface area contributed by atoms with Crippen molar-refractivity contribution in [1.29, 1.82) is 0 Å². The first-order valence-electron chi connectivity index (χ1n) is 13.4. The molecule has 3 saturated carbocycles. The zero-order chi connectivity index (χ0) is 24.1. The molecule has 4 nitrogen and oxygen atoms in total. The van der Waals surface area contributed by atoms with Crippen LogP contribution in [0.4, 0.5) is 0 Å². The Bertz CT molecular complexity index is 934. The Morgan fingerprint density at radius 1 is 1.03 bits per heavy atom.